The zero-order chi connectivity index (χ0) is 14.4. The van der Waals surface area contributed by atoms with E-state index in [1.807, 2.05) is 44.4 Å². The zero-order valence-corrected chi connectivity index (χ0v) is 12.3. The molecule has 1 aromatic carbocycles. The van der Waals surface area contributed by atoms with Crippen molar-refractivity contribution in [2.75, 3.05) is 32.6 Å². The van der Waals surface area contributed by atoms with Crippen LogP contribution in [-0.2, 0) is 0 Å². The Kier molecular flexibility index (Phi) is 5.01. The highest BCUT2D eigenvalue weighted by atomic mass is 16.5. The molecular weight excluding hydrogens is 252 g/mol. The lowest BCUT2D eigenvalue weighted by atomic mass is 10.2. The van der Waals surface area contributed by atoms with Crippen molar-refractivity contribution in [2.45, 2.75) is 13.0 Å². The van der Waals surface area contributed by atoms with E-state index >= 15 is 0 Å². The SMILES string of the molecule is CC(Nc1cccc(OCCN(C)C)c1)c1ccn[nH]1. The van der Waals surface area contributed by atoms with Crippen molar-refractivity contribution in [2.24, 2.45) is 0 Å². The number of hydrogen-bond acceptors (Lipinski definition) is 4. The number of aromatic nitrogens is 2. The van der Waals surface area contributed by atoms with Gasteiger partial charge in [-0.15, -0.1) is 0 Å². The van der Waals surface area contributed by atoms with Gasteiger partial charge in [0.2, 0.25) is 0 Å². The zero-order valence-electron chi connectivity index (χ0n) is 12.3. The van der Waals surface area contributed by atoms with Crippen LogP contribution >= 0.6 is 0 Å². The van der Waals surface area contributed by atoms with Crippen LogP contribution in [-0.4, -0.2) is 42.3 Å². The van der Waals surface area contributed by atoms with Gasteiger partial charge in [-0.3, -0.25) is 5.10 Å². The predicted molar refractivity (Wildman–Crippen MR) is 81.1 cm³/mol. The summed E-state index contributed by atoms with van der Waals surface area (Å²) in [6.45, 7) is 3.68. The van der Waals surface area contributed by atoms with Crippen molar-refractivity contribution in [3.63, 3.8) is 0 Å². The number of hydrogen-bond donors (Lipinski definition) is 2. The van der Waals surface area contributed by atoms with Crippen LogP contribution in [0.1, 0.15) is 18.7 Å². The number of rotatable bonds is 7. The van der Waals surface area contributed by atoms with Gasteiger partial charge < -0.3 is 15.0 Å². The molecule has 108 valence electrons. The maximum Gasteiger partial charge on any atom is 0.121 e. The molecule has 1 atom stereocenters. The third-order valence-electron chi connectivity index (χ3n) is 3.01. The van der Waals surface area contributed by atoms with Gasteiger partial charge in [0.15, 0.2) is 0 Å². The van der Waals surface area contributed by atoms with Gasteiger partial charge in [0.05, 0.1) is 11.7 Å². The number of ether oxygens (including phenoxy) is 1. The lowest BCUT2D eigenvalue weighted by molar-refractivity contribution is 0.261. The van der Waals surface area contributed by atoms with E-state index in [4.69, 9.17) is 4.74 Å². The highest BCUT2D eigenvalue weighted by Gasteiger charge is 2.06. The topological polar surface area (TPSA) is 53.2 Å². The van der Waals surface area contributed by atoms with E-state index in [2.05, 4.69) is 27.3 Å². The second-order valence-electron chi connectivity index (χ2n) is 5.06. The normalized spacial score (nSPS) is 12.4. The van der Waals surface area contributed by atoms with Gasteiger partial charge >= 0.3 is 0 Å². The first-order valence-corrected chi connectivity index (χ1v) is 6.78. The molecule has 0 aliphatic carbocycles. The van der Waals surface area contributed by atoms with E-state index in [0.29, 0.717) is 6.61 Å². The monoisotopic (exact) mass is 274 g/mol. The number of anilines is 1. The maximum atomic E-state index is 5.73. The summed E-state index contributed by atoms with van der Waals surface area (Å²) in [6, 6.07) is 10.2. The Morgan fingerprint density at radius 3 is 2.90 bits per heavy atom. The van der Waals surface area contributed by atoms with E-state index in [0.717, 1.165) is 23.7 Å². The fraction of sp³-hybridized carbons (Fsp3) is 0.400. The molecule has 1 aromatic heterocycles. The Morgan fingerprint density at radius 1 is 1.35 bits per heavy atom. The quantitative estimate of drug-likeness (QED) is 0.814. The molecule has 0 radical (unpaired) electrons. The molecule has 0 fully saturated rings. The lowest BCUT2D eigenvalue weighted by Crippen LogP contribution is -2.19. The molecule has 5 heteroatoms. The molecule has 0 amide bonds. The largest absolute Gasteiger partial charge is 0.492 e. The number of likely N-dealkylation sites (N-methyl/N-ethyl adjacent to an activating group) is 1. The van der Waals surface area contributed by atoms with Gasteiger partial charge in [0.25, 0.3) is 0 Å². The van der Waals surface area contributed by atoms with Crippen molar-refractivity contribution in [1.29, 1.82) is 0 Å². The minimum atomic E-state index is 0.175. The standard InChI is InChI=1S/C15H22N4O/c1-12(15-7-8-16-18-15)17-13-5-4-6-14(11-13)20-10-9-19(2)3/h4-8,11-12,17H,9-10H2,1-3H3,(H,16,18). The summed E-state index contributed by atoms with van der Waals surface area (Å²) in [4.78, 5) is 2.10. The fourth-order valence-electron chi connectivity index (χ4n) is 1.86. The molecule has 20 heavy (non-hydrogen) atoms. The van der Waals surface area contributed by atoms with Gasteiger partial charge in [-0.05, 0) is 39.2 Å². The first kappa shape index (κ1) is 14.4. The van der Waals surface area contributed by atoms with Crippen molar-refractivity contribution >= 4 is 5.69 Å². The van der Waals surface area contributed by atoms with E-state index in [1.165, 1.54) is 0 Å². The third kappa shape index (κ3) is 4.28. The summed E-state index contributed by atoms with van der Waals surface area (Å²) in [7, 11) is 4.07. The third-order valence-corrected chi connectivity index (χ3v) is 3.01. The van der Waals surface area contributed by atoms with E-state index in [-0.39, 0.29) is 6.04 Å². The van der Waals surface area contributed by atoms with Crippen LogP contribution in [0.3, 0.4) is 0 Å². The van der Waals surface area contributed by atoms with Crippen LogP contribution < -0.4 is 10.1 Å². The molecule has 0 saturated heterocycles. The average Bonchev–Trinajstić information content (AvgIpc) is 2.92. The van der Waals surface area contributed by atoms with Gasteiger partial charge in [-0.1, -0.05) is 6.07 Å². The van der Waals surface area contributed by atoms with Crippen LogP contribution in [0.4, 0.5) is 5.69 Å². The average molecular weight is 274 g/mol. The van der Waals surface area contributed by atoms with Gasteiger partial charge in [0, 0.05) is 24.5 Å². The minimum absolute atomic E-state index is 0.175. The minimum Gasteiger partial charge on any atom is -0.492 e. The van der Waals surface area contributed by atoms with Gasteiger partial charge in [-0.25, -0.2) is 0 Å². The maximum absolute atomic E-state index is 5.73. The van der Waals surface area contributed by atoms with Crippen LogP contribution in [0.2, 0.25) is 0 Å². The Morgan fingerprint density at radius 2 is 2.20 bits per heavy atom. The molecule has 1 heterocycles. The van der Waals surface area contributed by atoms with E-state index in [9.17, 15) is 0 Å². The molecule has 5 nitrogen and oxygen atoms in total. The van der Waals surface area contributed by atoms with Crippen LogP contribution in [0.25, 0.3) is 0 Å². The summed E-state index contributed by atoms with van der Waals surface area (Å²) < 4.78 is 5.73. The van der Waals surface area contributed by atoms with Crippen molar-refractivity contribution in [3.8, 4) is 5.75 Å². The summed E-state index contributed by atoms with van der Waals surface area (Å²) >= 11 is 0. The summed E-state index contributed by atoms with van der Waals surface area (Å²) in [5.41, 5.74) is 2.10. The number of nitrogens with one attached hydrogen (secondary N) is 2. The van der Waals surface area contributed by atoms with Crippen molar-refractivity contribution in [3.05, 3.63) is 42.2 Å². The van der Waals surface area contributed by atoms with E-state index in [1.54, 1.807) is 6.20 Å². The smallest absolute Gasteiger partial charge is 0.121 e. The Labute approximate surface area is 119 Å². The molecule has 0 aliphatic rings. The van der Waals surface area contributed by atoms with Gasteiger partial charge in [-0.2, -0.15) is 5.10 Å². The summed E-state index contributed by atoms with van der Waals surface area (Å²) in [5.74, 6) is 0.883. The number of aromatic amines is 1. The Hall–Kier alpha value is -2.01. The highest BCUT2D eigenvalue weighted by Crippen LogP contribution is 2.21. The number of benzene rings is 1. The molecule has 0 bridgehead atoms. The molecule has 0 spiro atoms. The van der Waals surface area contributed by atoms with E-state index < -0.39 is 0 Å². The highest BCUT2D eigenvalue weighted by molar-refractivity contribution is 5.49. The second kappa shape index (κ2) is 6.96. The molecule has 2 N–H and O–H groups in total. The lowest BCUT2D eigenvalue weighted by Gasteiger charge is -2.15. The second-order valence-corrected chi connectivity index (χ2v) is 5.06. The number of nitrogens with zero attached hydrogens (tertiary/aromatic N) is 2. The molecule has 1 unspecified atom stereocenters. The molecule has 0 aliphatic heterocycles. The first-order valence-electron chi connectivity index (χ1n) is 6.78. The van der Waals surface area contributed by atoms with Crippen LogP contribution in [0, 0.1) is 0 Å². The van der Waals surface area contributed by atoms with Gasteiger partial charge in [0.1, 0.15) is 12.4 Å². The first-order chi connectivity index (χ1) is 9.65. The molecule has 2 rings (SSSR count). The summed E-state index contributed by atoms with van der Waals surface area (Å²) in [6.07, 6.45) is 1.76. The predicted octanol–water partition coefficient (Wildman–Crippen LogP) is 2.52. The van der Waals surface area contributed by atoms with Crippen LogP contribution in [0.15, 0.2) is 36.5 Å². The van der Waals surface area contributed by atoms with Crippen molar-refractivity contribution < 1.29 is 4.74 Å². The molecule has 0 saturated carbocycles. The molecular formula is C15H22N4O. The molecule has 2 aromatic rings. The van der Waals surface area contributed by atoms with Crippen LogP contribution in [0.5, 0.6) is 5.75 Å². The number of H-pyrrole nitrogens is 1. The Balaban J connectivity index is 1.92. The fourth-order valence-corrected chi connectivity index (χ4v) is 1.86. The Bertz CT molecular complexity index is 510. The van der Waals surface area contributed by atoms with Crippen molar-refractivity contribution in [1.82, 2.24) is 15.1 Å². The summed E-state index contributed by atoms with van der Waals surface area (Å²) in [5, 5.41) is 10.4.